The van der Waals surface area contributed by atoms with E-state index >= 15 is 0 Å². The van der Waals surface area contributed by atoms with E-state index in [1.54, 1.807) is 6.08 Å². The van der Waals surface area contributed by atoms with Gasteiger partial charge in [0.2, 0.25) is 10.3 Å². The highest BCUT2D eigenvalue weighted by Crippen LogP contribution is 2.25. The molecule has 0 bridgehead atoms. The van der Waals surface area contributed by atoms with Crippen molar-refractivity contribution in [1.82, 2.24) is 0 Å². The zero-order valence-corrected chi connectivity index (χ0v) is 10.6. The van der Waals surface area contributed by atoms with E-state index in [1.807, 2.05) is 13.0 Å². The van der Waals surface area contributed by atoms with Crippen LogP contribution in [0.4, 0.5) is 0 Å². The van der Waals surface area contributed by atoms with E-state index in [0.717, 1.165) is 17.6 Å². The van der Waals surface area contributed by atoms with Crippen LogP contribution in [0.3, 0.4) is 0 Å². The Bertz CT molecular complexity index is 503. The minimum atomic E-state index is -2.23. The summed E-state index contributed by atoms with van der Waals surface area (Å²) in [5.41, 5.74) is 1.88. The molecular weight excluding hydrogens is 220 g/mol. The first kappa shape index (κ1) is 12.8. The summed E-state index contributed by atoms with van der Waals surface area (Å²) < 4.78 is 22.3. The SMILES string of the molecule is C#CC1C=CC(CC(C)C)=C(C)C1=S(=O)=O. The van der Waals surface area contributed by atoms with Crippen molar-refractivity contribution >= 4 is 15.2 Å². The van der Waals surface area contributed by atoms with Gasteiger partial charge in [-0.15, -0.1) is 6.42 Å². The third-order valence-corrected chi connectivity index (χ3v) is 3.53. The Labute approximate surface area is 98.6 Å². The standard InChI is InChI=1S/C13H16O2S/c1-5-11-6-7-12(8-9(2)3)10(4)13(11)16(14)15/h1,6-7,9,11H,8H2,2-4H3. The highest BCUT2D eigenvalue weighted by molar-refractivity contribution is 7.73. The minimum absolute atomic E-state index is 0.348. The van der Waals surface area contributed by atoms with Gasteiger partial charge in [-0.1, -0.05) is 31.9 Å². The van der Waals surface area contributed by atoms with Crippen LogP contribution in [-0.4, -0.2) is 13.3 Å². The van der Waals surface area contributed by atoms with Gasteiger partial charge in [-0.3, -0.25) is 0 Å². The maximum atomic E-state index is 11.2. The van der Waals surface area contributed by atoms with Gasteiger partial charge >= 0.3 is 0 Å². The molecule has 0 aliphatic heterocycles. The van der Waals surface area contributed by atoms with Crippen LogP contribution in [-0.2, 0) is 10.3 Å². The zero-order valence-electron chi connectivity index (χ0n) is 9.82. The first-order valence-corrected chi connectivity index (χ1v) is 6.35. The summed E-state index contributed by atoms with van der Waals surface area (Å²) in [6, 6.07) is 0. The van der Waals surface area contributed by atoms with Crippen molar-refractivity contribution < 1.29 is 8.42 Å². The Kier molecular flexibility index (Phi) is 4.14. The number of hydrogen-bond acceptors (Lipinski definition) is 2. The molecular formula is C13H16O2S. The first-order valence-electron chi connectivity index (χ1n) is 5.28. The second kappa shape index (κ2) is 5.18. The van der Waals surface area contributed by atoms with Crippen molar-refractivity contribution in [2.75, 3.05) is 0 Å². The highest BCUT2D eigenvalue weighted by Gasteiger charge is 2.21. The lowest BCUT2D eigenvalue weighted by atomic mass is 9.87. The summed E-state index contributed by atoms with van der Waals surface area (Å²) in [4.78, 5) is 0.348. The van der Waals surface area contributed by atoms with E-state index in [1.165, 1.54) is 0 Å². The van der Waals surface area contributed by atoms with Gasteiger partial charge < -0.3 is 0 Å². The van der Waals surface area contributed by atoms with Gasteiger partial charge in [-0.25, -0.2) is 0 Å². The average molecular weight is 236 g/mol. The summed E-state index contributed by atoms with van der Waals surface area (Å²) >= 11 is 0. The summed E-state index contributed by atoms with van der Waals surface area (Å²) in [5.74, 6) is 2.58. The molecule has 0 heterocycles. The Balaban J connectivity index is 3.27. The lowest BCUT2D eigenvalue weighted by Crippen LogP contribution is -2.18. The fourth-order valence-corrected chi connectivity index (χ4v) is 2.57. The van der Waals surface area contributed by atoms with Crippen molar-refractivity contribution in [3.8, 4) is 12.3 Å². The molecule has 0 aromatic rings. The van der Waals surface area contributed by atoms with Crippen LogP contribution in [0.1, 0.15) is 27.2 Å². The molecule has 1 aliphatic carbocycles. The van der Waals surface area contributed by atoms with E-state index in [-0.39, 0.29) is 0 Å². The van der Waals surface area contributed by atoms with E-state index in [2.05, 4.69) is 19.8 Å². The average Bonchev–Trinajstić information content (AvgIpc) is 2.19. The molecule has 0 aromatic heterocycles. The zero-order chi connectivity index (χ0) is 12.3. The van der Waals surface area contributed by atoms with E-state index in [4.69, 9.17) is 6.42 Å². The van der Waals surface area contributed by atoms with Crippen molar-refractivity contribution in [3.05, 3.63) is 23.3 Å². The molecule has 0 N–H and O–H groups in total. The van der Waals surface area contributed by atoms with Crippen LogP contribution < -0.4 is 0 Å². The van der Waals surface area contributed by atoms with Gasteiger partial charge in [-0.05, 0) is 30.4 Å². The number of terminal acetylenes is 1. The van der Waals surface area contributed by atoms with Crippen LogP contribution in [0.5, 0.6) is 0 Å². The molecule has 0 fully saturated rings. The number of allylic oxidation sites excluding steroid dienone is 4. The summed E-state index contributed by atoms with van der Waals surface area (Å²) in [5, 5.41) is 0. The van der Waals surface area contributed by atoms with Crippen LogP contribution in [0.2, 0.25) is 0 Å². The fraction of sp³-hybridized carbons (Fsp3) is 0.462. The predicted molar refractivity (Wildman–Crippen MR) is 67.5 cm³/mol. The molecule has 16 heavy (non-hydrogen) atoms. The molecule has 0 saturated heterocycles. The summed E-state index contributed by atoms with van der Waals surface area (Å²) in [6.07, 6.45) is 9.94. The van der Waals surface area contributed by atoms with Gasteiger partial charge in [0.25, 0.3) is 0 Å². The third-order valence-electron chi connectivity index (χ3n) is 2.61. The van der Waals surface area contributed by atoms with Crippen molar-refractivity contribution in [3.63, 3.8) is 0 Å². The van der Waals surface area contributed by atoms with Crippen LogP contribution >= 0.6 is 0 Å². The molecule has 1 atom stereocenters. The van der Waals surface area contributed by atoms with Gasteiger partial charge in [-0.2, -0.15) is 8.42 Å². The van der Waals surface area contributed by atoms with Crippen molar-refractivity contribution in [2.45, 2.75) is 27.2 Å². The first-order chi connectivity index (χ1) is 7.47. The van der Waals surface area contributed by atoms with Gasteiger partial charge in [0.05, 0.1) is 10.8 Å². The lowest BCUT2D eigenvalue weighted by Gasteiger charge is -2.18. The van der Waals surface area contributed by atoms with E-state index in [0.29, 0.717) is 10.8 Å². The van der Waals surface area contributed by atoms with E-state index < -0.39 is 16.2 Å². The lowest BCUT2D eigenvalue weighted by molar-refractivity contribution is 0.626. The monoisotopic (exact) mass is 236 g/mol. The van der Waals surface area contributed by atoms with Gasteiger partial charge in [0.1, 0.15) is 0 Å². The maximum absolute atomic E-state index is 11.2. The molecule has 1 rings (SSSR count). The Morgan fingerprint density at radius 1 is 1.50 bits per heavy atom. The minimum Gasteiger partial charge on any atom is -0.184 e. The normalized spacial score (nSPS) is 20.2. The van der Waals surface area contributed by atoms with E-state index in [9.17, 15) is 8.42 Å². The van der Waals surface area contributed by atoms with Crippen LogP contribution in [0, 0.1) is 24.2 Å². The number of rotatable bonds is 2. The molecule has 0 aromatic carbocycles. The van der Waals surface area contributed by atoms with Gasteiger partial charge in [0, 0.05) is 0 Å². The molecule has 2 nitrogen and oxygen atoms in total. The molecule has 0 spiro atoms. The maximum Gasteiger partial charge on any atom is 0.219 e. The second-order valence-corrected chi connectivity index (χ2v) is 5.26. The molecule has 3 heteroatoms. The molecule has 1 aliphatic rings. The Morgan fingerprint density at radius 2 is 2.12 bits per heavy atom. The van der Waals surface area contributed by atoms with Crippen molar-refractivity contribution in [1.29, 1.82) is 0 Å². The smallest absolute Gasteiger partial charge is 0.184 e. The highest BCUT2D eigenvalue weighted by atomic mass is 32.2. The summed E-state index contributed by atoms with van der Waals surface area (Å²) in [6.45, 7) is 6.04. The molecule has 0 amide bonds. The fourth-order valence-electron chi connectivity index (χ4n) is 1.84. The largest absolute Gasteiger partial charge is 0.219 e. The van der Waals surface area contributed by atoms with Crippen molar-refractivity contribution in [2.24, 2.45) is 11.8 Å². The molecule has 0 radical (unpaired) electrons. The molecule has 1 unspecified atom stereocenters. The molecule has 86 valence electrons. The topological polar surface area (TPSA) is 34.1 Å². The van der Waals surface area contributed by atoms with Gasteiger partial charge in [0.15, 0.2) is 0 Å². The molecule has 0 saturated carbocycles. The second-order valence-electron chi connectivity index (χ2n) is 4.35. The van der Waals surface area contributed by atoms with Crippen LogP contribution in [0.25, 0.3) is 0 Å². The summed E-state index contributed by atoms with van der Waals surface area (Å²) in [7, 11) is -2.23. The Morgan fingerprint density at radius 3 is 2.56 bits per heavy atom. The quantitative estimate of drug-likeness (QED) is 0.544. The van der Waals surface area contributed by atoms with Crippen LogP contribution in [0.15, 0.2) is 23.3 Å². The number of hydrogen-bond donors (Lipinski definition) is 0. The Hall–Kier alpha value is -1.27. The predicted octanol–water partition coefficient (Wildman–Crippen LogP) is 2.22. The third kappa shape index (κ3) is 2.65.